The molecule has 0 unspecified atom stereocenters. The molecule has 0 bridgehead atoms. The van der Waals surface area contributed by atoms with Crippen molar-refractivity contribution in [1.29, 1.82) is 0 Å². The van der Waals surface area contributed by atoms with E-state index in [1.165, 1.54) is 0 Å². The highest BCUT2D eigenvalue weighted by atomic mass is 16.2. The van der Waals surface area contributed by atoms with Crippen LogP contribution in [0.1, 0.15) is 0 Å². The van der Waals surface area contributed by atoms with Crippen LogP contribution in [0.25, 0.3) is 11.3 Å². The molecule has 1 aliphatic rings. The molecule has 0 spiro atoms. The standard InChI is InChI=1S/C13H18N6O/c1-17-8-11(6-16-17)12-7-15-10-19(12)9-13(20)18-4-2-14-3-5-18/h6-8,10,14H,2-5,9H2,1H3. The minimum Gasteiger partial charge on any atom is -0.339 e. The maximum absolute atomic E-state index is 12.3. The van der Waals surface area contributed by atoms with Crippen LogP contribution in [0.4, 0.5) is 0 Å². The monoisotopic (exact) mass is 274 g/mol. The number of carbonyl (C=O) groups is 1. The van der Waals surface area contributed by atoms with Crippen LogP contribution >= 0.6 is 0 Å². The molecule has 1 saturated heterocycles. The van der Waals surface area contributed by atoms with Crippen molar-refractivity contribution in [2.75, 3.05) is 26.2 Å². The second-order valence-electron chi connectivity index (χ2n) is 4.94. The number of piperazine rings is 1. The van der Waals surface area contributed by atoms with E-state index in [1.54, 1.807) is 23.4 Å². The van der Waals surface area contributed by atoms with Crippen LogP contribution in [0.5, 0.6) is 0 Å². The van der Waals surface area contributed by atoms with Gasteiger partial charge in [0.25, 0.3) is 0 Å². The zero-order valence-electron chi connectivity index (χ0n) is 11.5. The van der Waals surface area contributed by atoms with Crippen molar-refractivity contribution >= 4 is 5.91 Å². The summed E-state index contributed by atoms with van der Waals surface area (Å²) in [4.78, 5) is 18.3. The van der Waals surface area contributed by atoms with Gasteiger partial charge in [0.15, 0.2) is 0 Å². The molecule has 1 N–H and O–H groups in total. The number of nitrogens with zero attached hydrogens (tertiary/aromatic N) is 5. The maximum atomic E-state index is 12.3. The molecule has 106 valence electrons. The summed E-state index contributed by atoms with van der Waals surface area (Å²) in [5.74, 6) is 0.134. The van der Waals surface area contributed by atoms with Crippen LogP contribution in [0, 0.1) is 0 Å². The van der Waals surface area contributed by atoms with Gasteiger partial charge in [-0.25, -0.2) is 4.98 Å². The molecule has 2 aromatic rings. The number of amides is 1. The summed E-state index contributed by atoms with van der Waals surface area (Å²) in [7, 11) is 1.87. The first kappa shape index (κ1) is 12.9. The van der Waals surface area contributed by atoms with Gasteiger partial charge >= 0.3 is 0 Å². The molecule has 3 heterocycles. The summed E-state index contributed by atoms with van der Waals surface area (Å²) in [6.45, 7) is 3.60. The summed E-state index contributed by atoms with van der Waals surface area (Å²) in [6, 6.07) is 0. The molecule has 2 aromatic heterocycles. The molecule has 0 aromatic carbocycles. The van der Waals surface area contributed by atoms with Gasteiger partial charge in [-0.1, -0.05) is 0 Å². The van der Waals surface area contributed by atoms with E-state index in [-0.39, 0.29) is 5.91 Å². The van der Waals surface area contributed by atoms with Crippen molar-refractivity contribution in [3.8, 4) is 11.3 Å². The molecule has 1 amide bonds. The number of carbonyl (C=O) groups excluding carboxylic acids is 1. The Kier molecular flexibility index (Phi) is 3.51. The molecular formula is C13H18N6O. The molecule has 0 atom stereocenters. The van der Waals surface area contributed by atoms with Crippen LogP contribution in [0.2, 0.25) is 0 Å². The van der Waals surface area contributed by atoms with E-state index in [4.69, 9.17) is 0 Å². The third-order valence-electron chi connectivity index (χ3n) is 3.49. The van der Waals surface area contributed by atoms with E-state index >= 15 is 0 Å². The quantitative estimate of drug-likeness (QED) is 0.835. The van der Waals surface area contributed by atoms with Gasteiger partial charge in [-0.15, -0.1) is 0 Å². The molecule has 0 aliphatic carbocycles. The summed E-state index contributed by atoms with van der Waals surface area (Å²) >= 11 is 0. The number of hydrogen-bond acceptors (Lipinski definition) is 4. The van der Waals surface area contributed by atoms with Crippen LogP contribution in [-0.2, 0) is 18.4 Å². The minimum absolute atomic E-state index is 0.134. The zero-order chi connectivity index (χ0) is 13.9. The van der Waals surface area contributed by atoms with E-state index < -0.39 is 0 Å². The molecule has 20 heavy (non-hydrogen) atoms. The average Bonchev–Trinajstić information content (AvgIpc) is 3.08. The minimum atomic E-state index is 0.134. The van der Waals surface area contributed by atoms with Gasteiger partial charge in [0.1, 0.15) is 6.54 Å². The van der Waals surface area contributed by atoms with Gasteiger partial charge in [0.05, 0.1) is 24.4 Å². The second kappa shape index (κ2) is 5.46. The van der Waals surface area contributed by atoms with E-state index in [9.17, 15) is 4.79 Å². The van der Waals surface area contributed by atoms with Crippen molar-refractivity contribution < 1.29 is 4.79 Å². The lowest BCUT2D eigenvalue weighted by molar-refractivity contribution is -0.132. The summed E-state index contributed by atoms with van der Waals surface area (Å²) in [5.41, 5.74) is 1.89. The Morgan fingerprint density at radius 3 is 2.85 bits per heavy atom. The van der Waals surface area contributed by atoms with Crippen molar-refractivity contribution in [1.82, 2.24) is 29.5 Å². The lowest BCUT2D eigenvalue weighted by Crippen LogP contribution is -2.47. The molecule has 3 rings (SSSR count). The number of hydrogen-bond donors (Lipinski definition) is 1. The third-order valence-corrected chi connectivity index (χ3v) is 3.49. The highest BCUT2D eigenvalue weighted by molar-refractivity contribution is 5.77. The van der Waals surface area contributed by atoms with Gasteiger partial charge in [0, 0.05) is 45.0 Å². The van der Waals surface area contributed by atoms with E-state index in [0.717, 1.165) is 37.4 Å². The third kappa shape index (κ3) is 2.57. The highest BCUT2D eigenvalue weighted by Crippen LogP contribution is 2.17. The average molecular weight is 274 g/mol. The van der Waals surface area contributed by atoms with Crippen LogP contribution in [-0.4, -0.2) is 56.3 Å². The van der Waals surface area contributed by atoms with Gasteiger partial charge in [-0.2, -0.15) is 5.10 Å². The van der Waals surface area contributed by atoms with Crippen LogP contribution < -0.4 is 5.32 Å². The molecule has 7 heteroatoms. The summed E-state index contributed by atoms with van der Waals surface area (Å²) in [5, 5.41) is 7.40. The van der Waals surface area contributed by atoms with Gasteiger partial charge in [-0.3, -0.25) is 9.48 Å². The van der Waals surface area contributed by atoms with Crippen molar-refractivity contribution in [2.24, 2.45) is 7.05 Å². The molecular weight excluding hydrogens is 256 g/mol. The Hall–Kier alpha value is -2.15. The Balaban J connectivity index is 1.75. The van der Waals surface area contributed by atoms with E-state index in [0.29, 0.717) is 6.54 Å². The van der Waals surface area contributed by atoms with Crippen molar-refractivity contribution in [3.05, 3.63) is 24.9 Å². The van der Waals surface area contributed by atoms with Gasteiger partial charge < -0.3 is 14.8 Å². The summed E-state index contributed by atoms with van der Waals surface area (Å²) < 4.78 is 3.62. The number of nitrogens with one attached hydrogen (secondary N) is 1. The fraction of sp³-hybridized carbons (Fsp3) is 0.462. The fourth-order valence-electron chi connectivity index (χ4n) is 2.40. The highest BCUT2D eigenvalue weighted by Gasteiger charge is 2.18. The molecule has 1 fully saturated rings. The predicted octanol–water partition coefficient (Wildman–Crippen LogP) is -0.285. The molecule has 1 aliphatic heterocycles. The van der Waals surface area contributed by atoms with E-state index in [2.05, 4.69) is 15.4 Å². The molecule has 0 saturated carbocycles. The van der Waals surface area contributed by atoms with Crippen LogP contribution in [0.3, 0.4) is 0 Å². The molecule has 0 radical (unpaired) electrons. The SMILES string of the molecule is Cn1cc(-c2cncn2CC(=O)N2CCNCC2)cn1. The number of imidazole rings is 1. The number of rotatable bonds is 3. The number of aryl methyl sites for hydroxylation is 1. The predicted molar refractivity (Wildman–Crippen MR) is 73.9 cm³/mol. The topological polar surface area (TPSA) is 68.0 Å². The zero-order valence-corrected chi connectivity index (χ0v) is 11.5. The van der Waals surface area contributed by atoms with Gasteiger partial charge in [0.2, 0.25) is 5.91 Å². The largest absolute Gasteiger partial charge is 0.339 e. The summed E-state index contributed by atoms with van der Waals surface area (Å²) in [6.07, 6.45) is 7.16. The Bertz CT molecular complexity index is 596. The maximum Gasteiger partial charge on any atom is 0.242 e. The first-order valence-electron chi connectivity index (χ1n) is 6.71. The fourth-order valence-corrected chi connectivity index (χ4v) is 2.40. The Morgan fingerprint density at radius 2 is 2.15 bits per heavy atom. The first-order valence-corrected chi connectivity index (χ1v) is 6.71. The Labute approximate surface area is 117 Å². The molecule has 7 nitrogen and oxygen atoms in total. The lowest BCUT2D eigenvalue weighted by Gasteiger charge is -2.27. The second-order valence-corrected chi connectivity index (χ2v) is 4.94. The normalized spacial score (nSPS) is 15.6. The van der Waals surface area contributed by atoms with E-state index in [1.807, 2.05) is 22.7 Å². The van der Waals surface area contributed by atoms with Gasteiger partial charge in [-0.05, 0) is 0 Å². The lowest BCUT2D eigenvalue weighted by atomic mass is 10.2. The number of aromatic nitrogens is 4. The van der Waals surface area contributed by atoms with Crippen LogP contribution in [0.15, 0.2) is 24.9 Å². The van der Waals surface area contributed by atoms with Crippen molar-refractivity contribution in [2.45, 2.75) is 6.54 Å². The van der Waals surface area contributed by atoms with Crippen molar-refractivity contribution in [3.63, 3.8) is 0 Å². The smallest absolute Gasteiger partial charge is 0.242 e. The first-order chi connectivity index (χ1) is 9.74. The Morgan fingerprint density at radius 1 is 1.35 bits per heavy atom.